The summed E-state index contributed by atoms with van der Waals surface area (Å²) >= 11 is 0. The molecule has 4 rings (SSSR count). The van der Waals surface area contributed by atoms with Crippen molar-refractivity contribution in [1.29, 1.82) is 0 Å². The lowest BCUT2D eigenvalue weighted by molar-refractivity contribution is 0.289. The molecule has 0 aliphatic carbocycles. The molecule has 2 aromatic heterocycles. The topological polar surface area (TPSA) is 55.0 Å². The first-order valence-electron chi connectivity index (χ1n) is 7.13. The van der Waals surface area contributed by atoms with E-state index in [0.717, 1.165) is 33.5 Å². The SMILES string of the molecule is Cc1cc(-c2ccc3c(c2)COc2[nH]c(=O)ccc2-3)ccn1. The van der Waals surface area contributed by atoms with Crippen molar-refractivity contribution >= 4 is 0 Å². The fourth-order valence-electron chi connectivity index (χ4n) is 2.81. The third-order valence-corrected chi connectivity index (χ3v) is 3.88. The Morgan fingerprint density at radius 1 is 1.05 bits per heavy atom. The number of fused-ring (bicyclic) bond motifs is 3. The van der Waals surface area contributed by atoms with Gasteiger partial charge in [-0.05, 0) is 53.4 Å². The number of hydrogen-bond acceptors (Lipinski definition) is 3. The summed E-state index contributed by atoms with van der Waals surface area (Å²) in [5.41, 5.74) is 6.28. The summed E-state index contributed by atoms with van der Waals surface area (Å²) in [7, 11) is 0. The average Bonchev–Trinajstić information content (AvgIpc) is 2.54. The lowest BCUT2D eigenvalue weighted by Crippen LogP contribution is -2.12. The molecule has 0 spiro atoms. The number of rotatable bonds is 1. The van der Waals surface area contributed by atoms with Gasteiger partial charge < -0.3 is 4.74 Å². The van der Waals surface area contributed by atoms with Gasteiger partial charge in [0.2, 0.25) is 5.88 Å². The number of nitrogens with one attached hydrogen (secondary N) is 1. The summed E-state index contributed by atoms with van der Waals surface area (Å²) in [6.45, 7) is 2.44. The predicted octanol–water partition coefficient (Wildman–Crippen LogP) is 3.30. The summed E-state index contributed by atoms with van der Waals surface area (Å²) in [6.07, 6.45) is 1.82. The Morgan fingerprint density at radius 3 is 2.73 bits per heavy atom. The molecular formula is C18H14N2O2. The van der Waals surface area contributed by atoms with Crippen LogP contribution in [-0.4, -0.2) is 9.97 Å². The maximum absolute atomic E-state index is 11.4. The number of pyridine rings is 2. The zero-order valence-corrected chi connectivity index (χ0v) is 12.1. The molecule has 22 heavy (non-hydrogen) atoms. The van der Waals surface area contributed by atoms with Gasteiger partial charge in [-0.1, -0.05) is 12.1 Å². The molecule has 1 aliphatic rings. The van der Waals surface area contributed by atoms with Crippen molar-refractivity contribution in [2.24, 2.45) is 0 Å². The van der Waals surface area contributed by atoms with Crippen LogP contribution in [0.4, 0.5) is 0 Å². The Balaban J connectivity index is 1.84. The van der Waals surface area contributed by atoms with Gasteiger partial charge in [-0.2, -0.15) is 0 Å². The van der Waals surface area contributed by atoms with Gasteiger partial charge in [0, 0.05) is 23.5 Å². The van der Waals surface area contributed by atoms with Gasteiger partial charge in [0.1, 0.15) is 6.61 Å². The normalized spacial score (nSPS) is 12.2. The fourth-order valence-corrected chi connectivity index (χ4v) is 2.81. The van der Waals surface area contributed by atoms with Gasteiger partial charge in [0.05, 0.1) is 0 Å². The molecule has 108 valence electrons. The van der Waals surface area contributed by atoms with Crippen molar-refractivity contribution < 1.29 is 4.74 Å². The number of H-pyrrole nitrogens is 1. The Bertz CT molecular complexity index is 928. The lowest BCUT2D eigenvalue weighted by Gasteiger charge is -2.20. The third-order valence-electron chi connectivity index (χ3n) is 3.88. The number of hydrogen-bond donors (Lipinski definition) is 1. The first kappa shape index (κ1) is 12.8. The Morgan fingerprint density at radius 2 is 1.86 bits per heavy atom. The van der Waals surface area contributed by atoms with E-state index in [1.54, 1.807) is 0 Å². The van der Waals surface area contributed by atoms with E-state index in [-0.39, 0.29) is 5.56 Å². The van der Waals surface area contributed by atoms with E-state index in [2.05, 4.69) is 34.2 Å². The van der Waals surface area contributed by atoms with Crippen LogP contribution in [0.1, 0.15) is 11.3 Å². The zero-order chi connectivity index (χ0) is 15.1. The maximum atomic E-state index is 11.4. The second-order valence-corrected chi connectivity index (χ2v) is 5.41. The average molecular weight is 290 g/mol. The molecule has 0 fully saturated rings. The van der Waals surface area contributed by atoms with Crippen LogP contribution in [0.15, 0.2) is 53.5 Å². The molecule has 0 atom stereocenters. The minimum atomic E-state index is -0.147. The van der Waals surface area contributed by atoms with E-state index in [1.807, 2.05) is 25.3 Å². The molecule has 4 nitrogen and oxygen atoms in total. The van der Waals surface area contributed by atoms with Crippen molar-refractivity contribution in [1.82, 2.24) is 9.97 Å². The van der Waals surface area contributed by atoms with Gasteiger partial charge in [0.15, 0.2) is 0 Å². The standard InChI is InChI=1S/C18H14N2O2/c1-11-8-13(6-7-19-11)12-2-3-15-14(9-12)10-22-18-16(15)4-5-17(21)20-18/h2-9H,10H2,1H3,(H,20,21). The summed E-state index contributed by atoms with van der Waals surface area (Å²) < 4.78 is 5.68. The highest BCUT2D eigenvalue weighted by molar-refractivity contribution is 5.77. The quantitative estimate of drug-likeness (QED) is 0.748. The van der Waals surface area contributed by atoms with E-state index in [1.165, 1.54) is 6.07 Å². The molecule has 1 N–H and O–H groups in total. The fraction of sp³-hybridized carbons (Fsp3) is 0.111. The van der Waals surface area contributed by atoms with Crippen LogP contribution in [0.5, 0.6) is 5.88 Å². The van der Waals surface area contributed by atoms with Gasteiger partial charge in [-0.25, -0.2) is 0 Å². The minimum absolute atomic E-state index is 0.147. The first-order chi connectivity index (χ1) is 10.7. The highest BCUT2D eigenvalue weighted by atomic mass is 16.5. The Hall–Kier alpha value is -2.88. The number of benzene rings is 1. The Labute approximate surface area is 127 Å². The van der Waals surface area contributed by atoms with Crippen LogP contribution in [0.3, 0.4) is 0 Å². The third kappa shape index (κ3) is 2.09. The van der Waals surface area contributed by atoms with E-state index in [9.17, 15) is 4.79 Å². The van der Waals surface area contributed by atoms with Crippen molar-refractivity contribution in [3.05, 3.63) is 70.3 Å². The van der Waals surface area contributed by atoms with E-state index in [4.69, 9.17) is 4.74 Å². The molecule has 1 aromatic carbocycles. The van der Waals surface area contributed by atoms with Gasteiger partial charge in [0.25, 0.3) is 5.56 Å². The van der Waals surface area contributed by atoms with Crippen molar-refractivity contribution in [3.63, 3.8) is 0 Å². The number of nitrogens with zero attached hydrogens (tertiary/aromatic N) is 1. The summed E-state index contributed by atoms with van der Waals surface area (Å²) in [5, 5.41) is 0. The zero-order valence-electron chi connectivity index (χ0n) is 12.1. The van der Waals surface area contributed by atoms with Gasteiger partial charge in [-0.3, -0.25) is 14.8 Å². The molecule has 1 aliphatic heterocycles. The van der Waals surface area contributed by atoms with Crippen LogP contribution < -0.4 is 10.3 Å². The smallest absolute Gasteiger partial charge is 0.250 e. The van der Waals surface area contributed by atoms with Crippen molar-refractivity contribution in [3.8, 4) is 28.1 Å². The number of aryl methyl sites for hydroxylation is 1. The molecule has 3 aromatic rings. The van der Waals surface area contributed by atoms with Crippen LogP contribution in [-0.2, 0) is 6.61 Å². The van der Waals surface area contributed by atoms with Gasteiger partial charge in [-0.15, -0.1) is 0 Å². The second-order valence-electron chi connectivity index (χ2n) is 5.41. The van der Waals surface area contributed by atoms with Crippen molar-refractivity contribution in [2.45, 2.75) is 13.5 Å². The number of aromatic nitrogens is 2. The highest BCUT2D eigenvalue weighted by Crippen LogP contribution is 2.37. The number of aromatic amines is 1. The Kier molecular flexibility index (Phi) is 2.82. The molecular weight excluding hydrogens is 276 g/mol. The summed E-state index contributed by atoms with van der Waals surface area (Å²) in [6, 6.07) is 13.7. The van der Waals surface area contributed by atoms with Crippen LogP contribution in [0.2, 0.25) is 0 Å². The van der Waals surface area contributed by atoms with Crippen LogP contribution in [0, 0.1) is 6.92 Å². The number of ether oxygens (including phenoxy) is 1. The van der Waals surface area contributed by atoms with E-state index in [0.29, 0.717) is 12.5 Å². The monoisotopic (exact) mass is 290 g/mol. The maximum Gasteiger partial charge on any atom is 0.250 e. The van der Waals surface area contributed by atoms with E-state index < -0.39 is 0 Å². The molecule has 0 saturated carbocycles. The molecule has 0 saturated heterocycles. The highest BCUT2D eigenvalue weighted by Gasteiger charge is 2.18. The molecule has 3 heterocycles. The second kappa shape index (κ2) is 4.84. The summed E-state index contributed by atoms with van der Waals surface area (Å²) in [4.78, 5) is 18.4. The van der Waals surface area contributed by atoms with Gasteiger partial charge >= 0.3 is 0 Å². The van der Waals surface area contributed by atoms with Crippen molar-refractivity contribution in [2.75, 3.05) is 0 Å². The van der Waals surface area contributed by atoms with Crippen LogP contribution in [0.25, 0.3) is 22.3 Å². The predicted molar refractivity (Wildman–Crippen MR) is 84.8 cm³/mol. The molecule has 0 unspecified atom stereocenters. The lowest BCUT2D eigenvalue weighted by atomic mass is 9.94. The molecule has 4 heteroatoms. The van der Waals surface area contributed by atoms with Crippen LogP contribution >= 0.6 is 0 Å². The largest absolute Gasteiger partial charge is 0.474 e. The summed E-state index contributed by atoms with van der Waals surface area (Å²) in [5.74, 6) is 0.549. The first-order valence-corrected chi connectivity index (χ1v) is 7.13. The molecule has 0 amide bonds. The van der Waals surface area contributed by atoms with E-state index >= 15 is 0 Å². The molecule has 0 radical (unpaired) electrons. The minimum Gasteiger partial charge on any atom is -0.474 e. The molecule has 0 bridgehead atoms.